The third-order valence-corrected chi connectivity index (χ3v) is 7.00. The molecule has 3 heterocycles. The summed E-state index contributed by atoms with van der Waals surface area (Å²) in [4.78, 5) is 46.9. The molecular formula is C21H20BrN7O3S. The van der Waals surface area contributed by atoms with Crippen molar-refractivity contribution in [3.8, 4) is 0 Å². The molecule has 10 nitrogen and oxygen atoms in total. The molecule has 0 aliphatic heterocycles. The molecule has 1 fully saturated rings. The number of benzene rings is 1. The van der Waals surface area contributed by atoms with E-state index < -0.39 is 11.2 Å². The minimum Gasteiger partial charge on any atom is -0.338 e. The van der Waals surface area contributed by atoms with Crippen LogP contribution in [0.2, 0.25) is 0 Å². The van der Waals surface area contributed by atoms with Gasteiger partial charge in [-0.05, 0) is 31.0 Å². The maximum atomic E-state index is 12.6. The lowest BCUT2D eigenvalue weighted by atomic mass is 9.95. The minimum atomic E-state index is -0.543. The average Bonchev–Trinajstić information content (AvgIpc) is 3.15. The quantitative estimate of drug-likeness (QED) is 0.337. The van der Waals surface area contributed by atoms with Crippen LogP contribution in [0.4, 0.5) is 5.82 Å². The van der Waals surface area contributed by atoms with Gasteiger partial charge in [0.25, 0.3) is 5.56 Å². The summed E-state index contributed by atoms with van der Waals surface area (Å²) < 4.78 is 2.43. The lowest BCUT2D eigenvalue weighted by molar-refractivity contribution is -0.113. The van der Waals surface area contributed by atoms with Crippen LogP contribution in [0.25, 0.3) is 22.1 Å². The number of aromatic amines is 2. The van der Waals surface area contributed by atoms with E-state index in [-0.39, 0.29) is 23.5 Å². The van der Waals surface area contributed by atoms with Crippen LogP contribution in [0, 0.1) is 0 Å². The summed E-state index contributed by atoms with van der Waals surface area (Å²) in [6.45, 7) is 0. The zero-order valence-electron chi connectivity index (χ0n) is 17.4. The van der Waals surface area contributed by atoms with E-state index in [2.05, 4.69) is 46.4 Å². The molecule has 1 amide bonds. The monoisotopic (exact) mass is 529 g/mol. The number of rotatable bonds is 5. The number of halogens is 1. The first-order chi connectivity index (χ1) is 16.0. The smallest absolute Gasteiger partial charge is 0.330 e. The van der Waals surface area contributed by atoms with Gasteiger partial charge in [-0.2, -0.15) is 0 Å². The molecule has 0 spiro atoms. The summed E-state index contributed by atoms with van der Waals surface area (Å²) in [6.07, 6.45) is 4.82. The summed E-state index contributed by atoms with van der Waals surface area (Å²) in [5.74, 6) is -0.138. The van der Waals surface area contributed by atoms with E-state index in [9.17, 15) is 14.4 Å². The highest BCUT2D eigenvalue weighted by Crippen LogP contribution is 2.29. The summed E-state index contributed by atoms with van der Waals surface area (Å²) >= 11 is 4.58. The molecule has 0 saturated heterocycles. The van der Waals surface area contributed by atoms with Crippen LogP contribution < -0.4 is 16.6 Å². The van der Waals surface area contributed by atoms with Gasteiger partial charge >= 0.3 is 5.69 Å². The van der Waals surface area contributed by atoms with E-state index in [1.54, 1.807) is 0 Å². The van der Waals surface area contributed by atoms with Gasteiger partial charge in [-0.3, -0.25) is 19.1 Å². The predicted octanol–water partition coefficient (Wildman–Crippen LogP) is 3.35. The van der Waals surface area contributed by atoms with Crippen LogP contribution in [0.1, 0.15) is 38.1 Å². The fraction of sp³-hybridized carbons (Fsp3) is 0.333. The van der Waals surface area contributed by atoms with Crippen LogP contribution >= 0.6 is 27.7 Å². The van der Waals surface area contributed by atoms with Crippen LogP contribution in [-0.2, 0) is 4.79 Å². The van der Waals surface area contributed by atoms with E-state index in [1.165, 1.54) is 10.6 Å². The number of nitrogens with zero attached hydrogens (tertiary/aromatic N) is 4. The Bertz CT molecular complexity index is 1470. The van der Waals surface area contributed by atoms with Gasteiger partial charge in [0.05, 0.1) is 5.75 Å². The number of hydrogen-bond acceptors (Lipinski definition) is 7. The third kappa shape index (κ3) is 4.58. The van der Waals surface area contributed by atoms with Crippen molar-refractivity contribution >= 4 is 61.5 Å². The number of amides is 1. The first-order valence-corrected chi connectivity index (χ1v) is 12.4. The molecule has 1 aromatic carbocycles. The number of H-pyrrole nitrogens is 2. The molecule has 0 unspecified atom stereocenters. The maximum absolute atomic E-state index is 12.6. The lowest BCUT2D eigenvalue weighted by Crippen LogP contribution is -2.36. The SMILES string of the molecule is O=C(CSc1nnc2c(n1)[nH]c1ccc(Br)cc12)Nc1cc(=O)[nH]c(=O)n1C1CCCCC1. The first-order valence-electron chi connectivity index (χ1n) is 10.6. The van der Waals surface area contributed by atoms with Crippen LogP contribution in [0.3, 0.4) is 0 Å². The van der Waals surface area contributed by atoms with Crippen molar-refractivity contribution in [1.82, 2.24) is 29.7 Å². The highest BCUT2D eigenvalue weighted by atomic mass is 79.9. The van der Waals surface area contributed by atoms with Crippen molar-refractivity contribution in [2.45, 2.75) is 43.3 Å². The number of hydrogen-bond donors (Lipinski definition) is 3. The Morgan fingerprint density at radius 1 is 1.15 bits per heavy atom. The maximum Gasteiger partial charge on any atom is 0.330 e. The molecule has 1 aliphatic rings. The fourth-order valence-electron chi connectivity index (χ4n) is 4.20. The molecule has 3 aromatic heterocycles. The molecule has 0 bridgehead atoms. The number of carbonyl (C=O) groups excluding carboxylic acids is 1. The Kier molecular flexibility index (Phi) is 6.02. The summed E-state index contributed by atoms with van der Waals surface area (Å²) in [5.41, 5.74) is 1.09. The average molecular weight is 530 g/mol. The highest BCUT2D eigenvalue weighted by molar-refractivity contribution is 9.10. The van der Waals surface area contributed by atoms with Crippen LogP contribution in [0.15, 0.2) is 43.5 Å². The fourth-order valence-corrected chi connectivity index (χ4v) is 5.15. The summed E-state index contributed by atoms with van der Waals surface area (Å²) in [5, 5.41) is 12.4. The van der Waals surface area contributed by atoms with Crippen LogP contribution in [-0.4, -0.2) is 41.4 Å². The minimum absolute atomic E-state index is 0.00458. The van der Waals surface area contributed by atoms with Gasteiger partial charge in [-0.1, -0.05) is 47.0 Å². The normalized spacial score (nSPS) is 14.7. The van der Waals surface area contributed by atoms with Gasteiger partial charge in [0.2, 0.25) is 11.1 Å². The van der Waals surface area contributed by atoms with Crippen molar-refractivity contribution in [1.29, 1.82) is 0 Å². The molecular weight excluding hydrogens is 510 g/mol. The summed E-state index contributed by atoms with van der Waals surface area (Å²) in [7, 11) is 0. The van der Waals surface area contributed by atoms with Crippen molar-refractivity contribution < 1.29 is 4.79 Å². The highest BCUT2D eigenvalue weighted by Gasteiger charge is 2.21. The van der Waals surface area contributed by atoms with Gasteiger partial charge in [0, 0.05) is 27.5 Å². The van der Waals surface area contributed by atoms with Gasteiger partial charge in [-0.15, -0.1) is 10.2 Å². The van der Waals surface area contributed by atoms with E-state index in [0.29, 0.717) is 16.3 Å². The number of nitrogens with one attached hydrogen (secondary N) is 3. The second-order valence-electron chi connectivity index (χ2n) is 7.93. The van der Waals surface area contributed by atoms with Gasteiger partial charge in [0.1, 0.15) is 11.3 Å². The molecule has 1 saturated carbocycles. The number of carbonyl (C=O) groups is 1. The second-order valence-corrected chi connectivity index (χ2v) is 9.79. The number of thioether (sulfide) groups is 1. The third-order valence-electron chi connectivity index (χ3n) is 5.67. The van der Waals surface area contributed by atoms with E-state index >= 15 is 0 Å². The largest absolute Gasteiger partial charge is 0.338 e. The molecule has 12 heteroatoms. The van der Waals surface area contributed by atoms with Crippen molar-refractivity contribution in [3.05, 3.63) is 49.6 Å². The Balaban J connectivity index is 1.33. The molecule has 1 aliphatic carbocycles. The number of anilines is 1. The lowest BCUT2D eigenvalue weighted by Gasteiger charge is -2.26. The van der Waals surface area contributed by atoms with Crippen molar-refractivity contribution in [2.24, 2.45) is 0 Å². The number of aromatic nitrogens is 6. The van der Waals surface area contributed by atoms with E-state index in [0.717, 1.165) is 59.2 Å². The number of fused-ring (bicyclic) bond motifs is 3. The molecule has 0 radical (unpaired) electrons. The second kappa shape index (κ2) is 9.10. The Morgan fingerprint density at radius 3 is 2.79 bits per heavy atom. The van der Waals surface area contributed by atoms with E-state index in [1.807, 2.05) is 18.2 Å². The van der Waals surface area contributed by atoms with Gasteiger partial charge in [0.15, 0.2) is 5.65 Å². The first kappa shape index (κ1) is 21.8. The molecule has 33 heavy (non-hydrogen) atoms. The molecule has 4 aromatic rings. The summed E-state index contributed by atoms with van der Waals surface area (Å²) in [6, 6.07) is 7.01. The van der Waals surface area contributed by atoms with Crippen molar-refractivity contribution in [2.75, 3.05) is 11.1 Å². The topological polar surface area (TPSA) is 138 Å². The predicted molar refractivity (Wildman–Crippen MR) is 130 cm³/mol. The Morgan fingerprint density at radius 2 is 1.97 bits per heavy atom. The Hall–Kier alpha value is -2.99. The molecule has 0 atom stereocenters. The van der Waals surface area contributed by atoms with Gasteiger partial charge < -0.3 is 10.3 Å². The molecule has 5 rings (SSSR count). The standard InChI is InChI=1S/C21H20BrN7O3S/c22-11-6-7-14-13(8-11)18-19(23-14)26-20(28-27-18)33-10-17(31)24-15-9-16(30)25-21(32)29(15)12-4-2-1-3-5-12/h6-9,12H,1-5,10H2,(H,24,31)(H,23,26,28)(H,25,30,32). The van der Waals surface area contributed by atoms with Crippen molar-refractivity contribution in [3.63, 3.8) is 0 Å². The molecule has 3 N–H and O–H groups in total. The Labute approximate surface area is 199 Å². The molecule has 170 valence electrons. The zero-order chi connectivity index (χ0) is 22.9. The van der Waals surface area contributed by atoms with Gasteiger partial charge in [-0.25, -0.2) is 9.78 Å². The van der Waals surface area contributed by atoms with E-state index in [4.69, 9.17) is 0 Å². The van der Waals surface area contributed by atoms with Crippen LogP contribution in [0.5, 0.6) is 0 Å². The zero-order valence-corrected chi connectivity index (χ0v) is 19.8.